The van der Waals surface area contributed by atoms with Gasteiger partial charge >= 0.3 is 5.97 Å². The molecule has 2 atom stereocenters. The number of nitrogens with one attached hydrogen (secondary N) is 1. The molecule has 1 saturated heterocycles. The molecule has 0 aromatic rings. The molecule has 0 aromatic heterocycles. The van der Waals surface area contributed by atoms with Crippen LogP contribution in [-0.4, -0.2) is 33.3 Å². The van der Waals surface area contributed by atoms with E-state index in [-0.39, 0.29) is 12.1 Å². The standard InChI is InChI=1S/C10H16Br3NO2/c1-6-4-8(5-7(2)14(6)3)16-9(15)10(11,12)13/h6-8H,4-5H2,1-3H3/p+1. The minimum absolute atomic E-state index is 0.0215. The summed E-state index contributed by atoms with van der Waals surface area (Å²) < 4.78 is 4.50. The summed E-state index contributed by atoms with van der Waals surface area (Å²) in [6.07, 6.45) is 1.86. The highest BCUT2D eigenvalue weighted by Gasteiger charge is 2.38. The van der Waals surface area contributed by atoms with Gasteiger partial charge in [0.05, 0.1) is 19.1 Å². The number of esters is 1. The molecule has 0 radical (unpaired) electrons. The lowest BCUT2D eigenvalue weighted by Gasteiger charge is -2.37. The van der Waals surface area contributed by atoms with Crippen LogP contribution in [0.3, 0.4) is 0 Å². The third-order valence-corrected chi connectivity index (χ3v) is 4.26. The second-order valence-corrected chi connectivity index (χ2v) is 11.3. The van der Waals surface area contributed by atoms with E-state index in [1.54, 1.807) is 0 Å². The molecular formula is C10H17Br3NO2+. The van der Waals surface area contributed by atoms with E-state index in [2.05, 4.69) is 68.7 Å². The van der Waals surface area contributed by atoms with Gasteiger partial charge < -0.3 is 9.64 Å². The molecule has 1 aliphatic heterocycles. The molecule has 3 nitrogen and oxygen atoms in total. The molecule has 2 unspecified atom stereocenters. The molecule has 1 N–H and O–H groups in total. The lowest BCUT2D eigenvalue weighted by atomic mass is 9.95. The maximum atomic E-state index is 11.7. The number of ether oxygens (including phenoxy) is 1. The maximum absolute atomic E-state index is 11.7. The van der Waals surface area contributed by atoms with Crippen molar-refractivity contribution in [3.63, 3.8) is 0 Å². The lowest BCUT2D eigenvalue weighted by Crippen LogP contribution is -3.17. The first-order valence-electron chi connectivity index (χ1n) is 5.33. The van der Waals surface area contributed by atoms with Crippen molar-refractivity contribution < 1.29 is 14.4 Å². The molecule has 6 heteroatoms. The van der Waals surface area contributed by atoms with Crippen molar-refractivity contribution in [2.45, 2.75) is 47.0 Å². The smallest absolute Gasteiger partial charge is 0.345 e. The van der Waals surface area contributed by atoms with Gasteiger partial charge in [-0.15, -0.1) is 0 Å². The molecule has 0 aromatic carbocycles. The predicted octanol–water partition coefficient (Wildman–Crippen LogP) is 1.82. The molecule has 1 heterocycles. The Hall–Kier alpha value is 0.870. The minimum Gasteiger partial charge on any atom is -0.460 e. The van der Waals surface area contributed by atoms with Crippen LogP contribution >= 0.6 is 47.8 Å². The second kappa shape index (κ2) is 5.67. The van der Waals surface area contributed by atoms with Gasteiger partial charge in [-0.3, -0.25) is 0 Å². The molecule has 94 valence electrons. The number of hydrogen-bond donors (Lipinski definition) is 1. The first-order valence-corrected chi connectivity index (χ1v) is 7.70. The van der Waals surface area contributed by atoms with Gasteiger partial charge in [-0.2, -0.15) is 0 Å². The summed E-state index contributed by atoms with van der Waals surface area (Å²) in [5, 5.41) is 0. The van der Waals surface area contributed by atoms with Crippen LogP contribution in [0.1, 0.15) is 26.7 Å². The van der Waals surface area contributed by atoms with Crippen LogP contribution in [0.25, 0.3) is 0 Å². The Labute approximate surface area is 122 Å². The maximum Gasteiger partial charge on any atom is 0.345 e. The average Bonchev–Trinajstić information content (AvgIpc) is 2.12. The summed E-state index contributed by atoms with van der Waals surface area (Å²) in [7, 11) is 2.19. The Morgan fingerprint density at radius 1 is 1.25 bits per heavy atom. The van der Waals surface area contributed by atoms with Crippen molar-refractivity contribution in [1.29, 1.82) is 0 Å². The summed E-state index contributed by atoms with van der Waals surface area (Å²) in [6.45, 7) is 4.38. The number of carbonyl (C=O) groups excluding carboxylic acids is 1. The van der Waals surface area contributed by atoms with Crippen LogP contribution in [0, 0.1) is 0 Å². The summed E-state index contributed by atoms with van der Waals surface area (Å²) >= 11 is 9.50. The molecule has 1 rings (SSSR count). The monoisotopic (exact) mass is 420 g/mol. The number of halogens is 3. The Kier molecular flexibility index (Phi) is 5.29. The van der Waals surface area contributed by atoms with Crippen molar-refractivity contribution in [1.82, 2.24) is 0 Å². The zero-order chi connectivity index (χ0) is 12.5. The van der Waals surface area contributed by atoms with Crippen LogP contribution in [0.5, 0.6) is 0 Å². The first kappa shape index (κ1) is 14.9. The van der Waals surface area contributed by atoms with Gasteiger partial charge in [-0.1, -0.05) is 0 Å². The Morgan fingerprint density at radius 2 is 1.69 bits per heavy atom. The van der Waals surface area contributed by atoms with Crippen LogP contribution in [0.2, 0.25) is 0 Å². The van der Waals surface area contributed by atoms with Crippen molar-refractivity contribution >= 4 is 53.8 Å². The number of hydrogen-bond acceptors (Lipinski definition) is 2. The largest absolute Gasteiger partial charge is 0.460 e. The van der Waals surface area contributed by atoms with Crippen molar-refractivity contribution in [3.8, 4) is 0 Å². The predicted molar refractivity (Wildman–Crippen MR) is 74.4 cm³/mol. The van der Waals surface area contributed by atoms with E-state index < -0.39 is 2.14 Å². The fourth-order valence-corrected chi connectivity index (χ4v) is 2.34. The van der Waals surface area contributed by atoms with E-state index >= 15 is 0 Å². The highest BCUT2D eigenvalue weighted by Crippen LogP contribution is 2.35. The first-order chi connectivity index (χ1) is 7.21. The summed E-state index contributed by atoms with van der Waals surface area (Å²) in [6, 6.07) is 1.05. The highest BCUT2D eigenvalue weighted by atomic mass is 80.0. The van der Waals surface area contributed by atoms with E-state index in [0.717, 1.165) is 12.8 Å². The summed E-state index contributed by atoms with van der Waals surface area (Å²) in [5.41, 5.74) is 0. The highest BCUT2D eigenvalue weighted by molar-refractivity contribution is 9.40. The number of rotatable bonds is 1. The zero-order valence-electron chi connectivity index (χ0n) is 9.60. The second-order valence-electron chi connectivity index (χ2n) is 4.54. The van der Waals surface area contributed by atoms with Gasteiger partial charge in [-0.25, -0.2) is 4.79 Å². The number of quaternary nitrogens is 1. The Morgan fingerprint density at radius 3 is 2.06 bits per heavy atom. The van der Waals surface area contributed by atoms with Crippen LogP contribution in [0.4, 0.5) is 0 Å². The van der Waals surface area contributed by atoms with E-state index in [9.17, 15) is 4.79 Å². The van der Waals surface area contributed by atoms with Crippen molar-refractivity contribution in [3.05, 3.63) is 0 Å². The number of piperidine rings is 1. The minimum atomic E-state index is -0.949. The number of carbonyl (C=O) groups is 1. The van der Waals surface area contributed by atoms with Crippen molar-refractivity contribution in [2.24, 2.45) is 0 Å². The summed E-state index contributed by atoms with van der Waals surface area (Å²) in [4.78, 5) is 13.2. The molecule has 0 amide bonds. The van der Waals surface area contributed by atoms with Crippen LogP contribution < -0.4 is 4.90 Å². The lowest BCUT2D eigenvalue weighted by molar-refractivity contribution is -0.933. The third-order valence-electron chi connectivity index (χ3n) is 3.29. The fourth-order valence-electron chi connectivity index (χ4n) is 2.06. The topological polar surface area (TPSA) is 30.7 Å². The molecule has 0 spiro atoms. The molecule has 0 saturated carbocycles. The molecule has 1 fully saturated rings. The molecular weight excluding hydrogens is 406 g/mol. The van der Waals surface area contributed by atoms with Gasteiger partial charge in [0.25, 0.3) is 0 Å². The Bertz CT molecular complexity index is 255. The SMILES string of the molecule is CC1CC(OC(=O)C(Br)(Br)Br)CC(C)[NH+]1C. The molecule has 0 aliphatic carbocycles. The van der Waals surface area contributed by atoms with Gasteiger partial charge in [0, 0.05) is 12.8 Å². The molecule has 16 heavy (non-hydrogen) atoms. The van der Waals surface area contributed by atoms with Gasteiger partial charge in [-0.05, 0) is 61.6 Å². The van der Waals surface area contributed by atoms with Crippen LogP contribution in [0.15, 0.2) is 0 Å². The normalized spacial score (nSPS) is 35.9. The van der Waals surface area contributed by atoms with E-state index in [1.807, 2.05) is 0 Å². The number of likely N-dealkylation sites (tertiary alicyclic amines) is 1. The van der Waals surface area contributed by atoms with E-state index in [4.69, 9.17) is 4.74 Å². The van der Waals surface area contributed by atoms with Crippen molar-refractivity contribution in [2.75, 3.05) is 7.05 Å². The van der Waals surface area contributed by atoms with Gasteiger partial charge in [0.15, 0.2) is 0 Å². The summed E-state index contributed by atoms with van der Waals surface area (Å²) in [5.74, 6) is -0.323. The number of alkyl halides is 3. The van der Waals surface area contributed by atoms with Crippen LogP contribution in [-0.2, 0) is 9.53 Å². The molecule has 0 bridgehead atoms. The molecule has 1 aliphatic rings. The fraction of sp³-hybridized carbons (Fsp3) is 0.900. The van der Waals surface area contributed by atoms with E-state index in [0.29, 0.717) is 12.1 Å². The zero-order valence-corrected chi connectivity index (χ0v) is 14.4. The quantitative estimate of drug-likeness (QED) is 0.516. The van der Waals surface area contributed by atoms with E-state index in [1.165, 1.54) is 4.90 Å². The third kappa shape index (κ3) is 3.96. The average molecular weight is 423 g/mol. The Balaban J connectivity index is 2.54. The van der Waals surface area contributed by atoms with Gasteiger partial charge in [0.2, 0.25) is 2.14 Å². The van der Waals surface area contributed by atoms with Gasteiger partial charge in [0.1, 0.15) is 6.10 Å².